The lowest BCUT2D eigenvalue weighted by atomic mass is 10.2. The maximum absolute atomic E-state index is 11.2. The molecule has 0 aliphatic rings. The number of carbonyl (C=O) groups excluding carboxylic acids is 1. The number of carbonyl (C=O) groups is 2. The van der Waals surface area contributed by atoms with Gasteiger partial charge in [0.15, 0.2) is 0 Å². The van der Waals surface area contributed by atoms with E-state index < -0.39 is 5.97 Å². The summed E-state index contributed by atoms with van der Waals surface area (Å²) in [5.74, 6) is -0.965. The number of hydrazine groups is 1. The van der Waals surface area contributed by atoms with E-state index in [1.54, 1.807) is 6.92 Å². The van der Waals surface area contributed by atoms with Crippen molar-refractivity contribution in [3.05, 3.63) is 0 Å². The normalized spacial score (nSPS) is 10.9. The summed E-state index contributed by atoms with van der Waals surface area (Å²) < 4.78 is 4.87. The van der Waals surface area contributed by atoms with E-state index in [-0.39, 0.29) is 12.4 Å². The van der Waals surface area contributed by atoms with Gasteiger partial charge in [0.25, 0.3) is 0 Å². The van der Waals surface area contributed by atoms with Crippen LogP contribution in [0.4, 0.5) is 0 Å². The average Bonchev–Trinajstić information content (AvgIpc) is 2.27. The average molecular weight is 260 g/mol. The lowest BCUT2D eigenvalue weighted by Crippen LogP contribution is -2.39. The molecule has 1 N–H and O–H groups in total. The van der Waals surface area contributed by atoms with Gasteiger partial charge < -0.3 is 9.84 Å². The molecular formula is C12H24N2O4. The third kappa shape index (κ3) is 8.95. The molecule has 0 amide bonds. The molecule has 0 atom stereocenters. The third-order valence-corrected chi connectivity index (χ3v) is 2.50. The van der Waals surface area contributed by atoms with E-state index in [2.05, 4.69) is 0 Å². The highest BCUT2D eigenvalue weighted by atomic mass is 16.5. The van der Waals surface area contributed by atoms with Crippen LogP contribution >= 0.6 is 0 Å². The first-order valence-corrected chi connectivity index (χ1v) is 6.27. The smallest absolute Gasteiger partial charge is 0.307 e. The van der Waals surface area contributed by atoms with Crippen molar-refractivity contribution in [2.45, 2.75) is 32.6 Å². The van der Waals surface area contributed by atoms with E-state index >= 15 is 0 Å². The molecule has 0 aromatic carbocycles. The summed E-state index contributed by atoms with van der Waals surface area (Å²) in [6.07, 6.45) is 2.00. The Morgan fingerprint density at radius 3 is 2.28 bits per heavy atom. The van der Waals surface area contributed by atoms with E-state index in [0.717, 1.165) is 13.0 Å². The van der Waals surface area contributed by atoms with Gasteiger partial charge in [0.1, 0.15) is 0 Å². The number of carboxylic acid groups (broad SMARTS) is 1. The Kier molecular flexibility index (Phi) is 9.22. The van der Waals surface area contributed by atoms with Crippen molar-refractivity contribution in [3.63, 3.8) is 0 Å². The van der Waals surface area contributed by atoms with Crippen LogP contribution < -0.4 is 0 Å². The van der Waals surface area contributed by atoms with Crippen molar-refractivity contribution in [2.75, 3.05) is 33.8 Å². The lowest BCUT2D eigenvalue weighted by molar-refractivity contribution is -0.144. The molecule has 0 aromatic rings. The first-order valence-electron chi connectivity index (χ1n) is 6.27. The fraction of sp³-hybridized carbons (Fsp3) is 0.833. The van der Waals surface area contributed by atoms with Gasteiger partial charge >= 0.3 is 11.9 Å². The zero-order valence-electron chi connectivity index (χ0n) is 11.5. The van der Waals surface area contributed by atoms with Crippen LogP contribution in [0.15, 0.2) is 0 Å². The third-order valence-electron chi connectivity index (χ3n) is 2.50. The number of carboxylic acids is 1. The van der Waals surface area contributed by atoms with Gasteiger partial charge in [-0.3, -0.25) is 9.59 Å². The summed E-state index contributed by atoms with van der Waals surface area (Å²) in [5.41, 5.74) is 0. The Bertz CT molecular complexity index is 256. The molecule has 6 nitrogen and oxygen atoms in total. The van der Waals surface area contributed by atoms with Gasteiger partial charge in [-0.15, -0.1) is 0 Å². The van der Waals surface area contributed by atoms with Crippen molar-refractivity contribution < 1.29 is 19.4 Å². The largest absolute Gasteiger partial charge is 0.481 e. The topological polar surface area (TPSA) is 70.1 Å². The van der Waals surface area contributed by atoms with Crippen molar-refractivity contribution in [1.29, 1.82) is 0 Å². The van der Waals surface area contributed by atoms with E-state index in [0.29, 0.717) is 26.0 Å². The maximum atomic E-state index is 11.2. The summed E-state index contributed by atoms with van der Waals surface area (Å²) in [7, 11) is 3.81. The highest BCUT2D eigenvalue weighted by Gasteiger charge is 2.10. The van der Waals surface area contributed by atoms with Crippen molar-refractivity contribution in [1.82, 2.24) is 10.0 Å². The number of aliphatic carboxylic acids is 1. The van der Waals surface area contributed by atoms with Crippen molar-refractivity contribution in [2.24, 2.45) is 0 Å². The summed E-state index contributed by atoms with van der Waals surface area (Å²) in [4.78, 5) is 21.6. The van der Waals surface area contributed by atoms with E-state index in [4.69, 9.17) is 9.84 Å². The Morgan fingerprint density at radius 1 is 1.11 bits per heavy atom. The summed E-state index contributed by atoms with van der Waals surface area (Å²) in [6, 6.07) is 0. The van der Waals surface area contributed by atoms with Gasteiger partial charge in [-0.05, 0) is 19.8 Å². The quantitative estimate of drug-likeness (QED) is 0.358. The number of unbranched alkanes of at least 4 members (excludes halogenated alkanes) is 1. The predicted octanol–water partition coefficient (Wildman–Crippen LogP) is 0.973. The molecule has 0 radical (unpaired) electrons. The van der Waals surface area contributed by atoms with Gasteiger partial charge in [-0.1, -0.05) is 0 Å². The maximum Gasteiger partial charge on any atom is 0.307 e. The van der Waals surface area contributed by atoms with Crippen LogP contribution in [0.3, 0.4) is 0 Å². The van der Waals surface area contributed by atoms with E-state index in [9.17, 15) is 9.59 Å². The first kappa shape index (κ1) is 16.9. The number of hydrogen-bond donors (Lipinski definition) is 1. The standard InChI is InChI=1S/C12H24N2O4/c1-4-18-12(17)8-10-14(13(2)3)9-6-5-7-11(15)16/h4-10H2,1-3H3,(H,15,16). The first-order chi connectivity index (χ1) is 8.47. The monoisotopic (exact) mass is 260 g/mol. The molecule has 0 aliphatic carbocycles. The summed E-state index contributed by atoms with van der Waals surface area (Å²) >= 11 is 0. The van der Waals surface area contributed by atoms with E-state index in [1.807, 2.05) is 24.1 Å². The summed E-state index contributed by atoms with van der Waals surface area (Å²) in [6.45, 7) is 3.53. The minimum absolute atomic E-state index is 0.194. The zero-order valence-corrected chi connectivity index (χ0v) is 11.5. The molecule has 6 heteroatoms. The number of esters is 1. The van der Waals surface area contributed by atoms with Crippen LogP contribution in [-0.4, -0.2) is 60.9 Å². The number of nitrogens with zero attached hydrogens (tertiary/aromatic N) is 2. The van der Waals surface area contributed by atoms with Crippen LogP contribution in [0.1, 0.15) is 32.6 Å². The Morgan fingerprint density at radius 2 is 1.78 bits per heavy atom. The van der Waals surface area contributed by atoms with Crippen molar-refractivity contribution in [3.8, 4) is 0 Å². The Hall–Kier alpha value is -1.14. The molecule has 0 fully saturated rings. The molecule has 18 heavy (non-hydrogen) atoms. The SMILES string of the molecule is CCOC(=O)CCN(CCCCC(=O)O)N(C)C. The van der Waals surface area contributed by atoms with Crippen LogP contribution in [0.5, 0.6) is 0 Å². The fourth-order valence-electron chi connectivity index (χ4n) is 1.54. The second-order valence-electron chi connectivity index (χ2n) is 4.21. The molecular weight excluding hydrogens is 236 g/mol. The van der Waals surface area contributed by atoms with Gasteiger partial charge in [0.2, 0.25) is 0 Å². The van der Waals surface area contributed by atoms with Gasteiger partial charge in [0, 0.05) is 33.6 Å². The number of hydrogen-bond acceptors (Lipinski definition) is 5. The molecule has 0 saturated heterocycles. The Labute approximate surface area is 108 Å². The molecule has 0 heterocycles. The van der Waals surface area contributed by atoms with Gasteiger partial charge in [-0.2, -0.15) is 0 Å². The number of rotatable bonds is 10. The minimum Gasteiger partial charge on any atom is -0.481 e. The number of ether oxygens (including phenoxy) is 1. The highest BCUT2D eigenvalue weighted by molar-refractivity contribution is 5.69. The second kappa shape index (κ2) is 9.85. The van der Waals surface area contributed by atoms with Crippen LogP contribution in [0, 0.1) is 0 Å². The molecule has 0 aliphatic heterocycles. The van der Waals surface area contributed by atoms with E-state index in [1.165, 1.54) is 0 Å². The minimum atomic E-state index is -0.766. The second-order valence-corrected chi connectivity index (χ2v) is 4.21. The molecule has 0 aromatic heterocycles. The molecule has 0 rings (SSSR count). The van der Waals surface area contributed by atoms with Crippen LogP contribution in [-0.2, 0) is 14.3 Å². The zero-order chi connectivity index (χ0) is 14.0. The molecule has 0 bridgehead atoms. The van der Waals surface area contributed by atoms with Gasteiger partial charge in [0.05, 0.1) is 13.0 Å². The lowest BCUT2D eigenvalue weighted by Gasteiger charge is -2.28. The predicted molar refractivity (Wildman–Crippen MR) is 68.0 cm³/mol. The molecule has 0 unspecified atom stereocenters. The Balaban J connectivity index is 3.85. The van der Waals surface area contributed by atoms with Crippen molar-refractivity contribution >= 4 is 11.9 Å². The van der Waals surface area contributed by atoms with Gasteiger partial charge in [-0.25, -0.2) is 10.0 Å². The molecule has 106 valence electrons. The van der Waals surface area contributed by atoms with Crippen LogP contribution in [0.25, 0.3) is 0 Å². The molecule has 0 saturated carbocycles. The van der Waals surface area contributed by atoms with Crippen LogP contribution in [0.2, 0.25) is 0 Å². The fourth-order valence-corrected chi connectivity index (χ4v) is 1.54. The highest BCUT2D eigenvalue weighted by Crippen LogP contribution is 2.02. The molecule has 0 spiro atoms. The summed E-state index contributed by atoms with van der Waals surface area (Å²) in [5, 5.41) is 12.5.